The average molecular weight is 284 g/mol. The number of nitrogens with zero attached hydrogens (tertiary/aromatic N) is 3. The van der Waals surface area contributed by atoms with Crippen molar-refractivity contribution in [3.05, 3.63) is 36.7 Å². The van der Waals surface area contributed by atoms with Gasteiger partial charge in [-0.3, -0.25) is 0 Å². The van der Waals surface area contributed by atoms with Gasteiger partial charge < -0.3 is 5.32 Å². The summed E-state index contributed by atoms with van der Waals surface area (Å²) in [5.41, 5.74) is 2.23. The molecule has 1 saturated carbocycles. The monoisotopic (exact) mass is 284 g/mol. The molecule has 0 spiro atoms. The highest BCUT2D eigenvalue weighted by molar-refractivity contribution is 5.60. The molecule has 1 aromatic carbocycles. The summed E-state index contributed by atoms with van der Waals surface area (Å²) in [4.78, 5) is 0. The maximum Gasteiger partial charge on any atom is 0.0894 e. The Kier molecular flexibility index (Phi) is 4.53. The van der Waals surface area contributed by atoms with E-state index in [9.17, 15) is 0 Å². The fourth-order valence-corrected chi connectivity index (χ4v) is 3.28. The first-order chi connectivity index (χ1) is 10.4. The lowest BCUT2D eigenvalue weighted by molar-refractivity contribution is 0.444. The molecule has 112 valence electrons. The van der Waals surface area contributed by atoms with Gasteiger partial charge >= 0.3 is 0 Å². The van der Waals surface area contributed by atoms with Gasteiger partial charge in [-0.25, -0.2) is 4.68 Å². The third kappa shape index (κ3) is 3.43. The molecule has 4 nitrogen and oxygen atoms in total. The van der Waals surface area contributed by atoms with Crippen LogP contribution in [0.15, 0.2) is 36.7 Å². The normalized spacial score (nSPS) is 22.7. The maximum absolute atomic E-state index is 4.11. The molecule has 1 aliphatic carbocycles. The van der Waals surface area contributed by atoms with Gasteiger partial charge in [-0.1, -0.05) is 43.5 Å². The first kappa shape index (κ1) is 14.1. The highest BCUT2D eigenvalue weighted by atomic mass is 15.4. The zero-order valence-corrected chi connectivity index (χ0v) is 12.7. The molecule has 1 heterocycles. The van der Waals surface area contributed by atoms with Crippen LogP contribution in [0.5, 0.6) is 0 Å². The fraction of sp³-hybridized carbons (Fsp3) is 0.529. The van der Waals surface area contributed by atoms with Crippen molar-refractivity contribution in [2.75, 3.05) is 5.32 Å². The molecule has 1 N–H and O–H groups in total. The number of para-hydroxylation sites is 2. The van der Waals surface area contributed by atoms with Crippen LogP contribution in [0.2, 0.25) is 0 Å². The minimum absolute atomic E-state index is 0.575. The summed E-state index contributed by atoms with van der Waals surface area (Å²) < 4.78 is 1.83. The van der Waals surface area contributed by atoms with Crippen molar-refractivity contribution in [3.63, 3.8) is 0 Å². The van der Waals surface area contributed by atoms with Crippen LogP contribution in [0.1, 0.15) is 45.4 Å². The number of hydrogen-bond donors (Lipinski definition) is 1. The van der Waals surface area contributed by atoms with Crippen molar-refractivity contribution < 1.29 is 0 Å². The van der Waals surface area contributed by atoms with Gasteiger partial charge in [0.2, 0.25) is 0 Å². The Labute approximate surface area is 126 Å². The molecule has 1 aliphatic rings. The lowest BCUT2D eigenvalue weighted by Crippen LogP contribution is -2.19. The second-order valence-electron chi connectivity index (χ2n) is 5.99. The SMILES string of the molecule is CCC1CCCC(Nc2ccccc2-n2ccnn2)CC1. The minimum atomic E-state index is 0.575. The minimum Gasteiger partial charge on any atom is -0.381 e. The van der Waals surface area contributed by atoms with E-state index in [0.717, 1.165) is 17.3 Å². The number of rotatable bonds is 4. The van der Waals surface area contributed by atoms with Crippen LogP contribution in [0.4, 0.5) is 5.69 Å². The van der Waals surface area contributed by atoms with E-state index in [1.807, 2.05) is 16.9 Å². The van der Waals surface area contributed by atoms with Gasteiger partial charge in [0, 0.05) is 6.04 Å². The summed E-state index contributed by atoms with van der Waals surface area (Å²) in [5, 5.41) is 11.8. The quantitative estimate of drug-likeness (QED) is 0.862. The molecule has 0 radical (unpaired) electrons. The number of aromatic nitrogens is 3. The summed E-state index contributed by atoms with van der Waals surface area (Å²) in [7, 11) is 0. The Balaban J connectivity index is 1.73. The van der Waals surface area contributed by atoms with Crippen LogP contribution in [0.25, 0.3) is 5.69 Å². The molecule has 2 aromatic rings. The lowest BCUT2D eigenvalue weighted by atomic mass is 9.98. The third-order valence-electron chi connectivity index (χ3n) is 4.60. The van der Waals surface area contributed by atoms with Gasteiger partial charge in [-0.05, 0) is 37.3 Å². The highest BCUT2D eigenvalue weighted by Gasteiger charge is 2.18. The molecule has 0 aliphatic heterocycles. The Morgan fingerprint density at radius 3 is 2.90 bits per heavy atom. The van der Waals surface area contributed by atoms with Crippen molar-refractivity contribution in [3.8, 4) is 5.69 Å². The Morgan fingerprint density at radius 2 is 2.10 bits per heavy atom. The predicted molar refractivity (Wildman–Crippen MR) is 85.6 cm³/mol. The van der Waals surface area contributed by atoms with Crippen molar-refractivity contribution in [2.24, 2.45) is 5.92 Å². The van der Waals surface area contributed by atoms with E-state index in [2.05, 4.69) is 40.8 Å². The summed E-state index contributed by atoms with van der Waals surface area (Å²) in [5.74, 6) is 0.919. The van der Waals surface area contributed by atoms with Crippen molar-refractivity contribution in [2.45, 2.75) is 51.5 Å². The number of anilines is 1. The van der Waals surface area contributed by atoms with Crippen molar-refractivity contribution in [1.82, 2.24) is 15.0 Å². The highest BCUT2D eigenvalue weighted by Crippen LogP contribution is 2.28. The van der Waals surface area contributed by atoms with Crippen LogP contribution >= 0.6 is 0 Å². The van der Waals surface area contributed by atoms with Gasteiger partial charge in [-0.2, -0.15) is 0 Å². The zero-order chi connectivity index (χ0) is 14.5. The maximum atomic E-state index is 4.11. The molecule has 4 heteroatoms. The fourth-order valence-electron chi connectivity index (χ4n) is 3.28. The topological polar surface area (TPSA) is 42.7 Å². The van der Waals surface area contributed by atoms with Gasteiger partial charge in [0.15, 0.2) is 0 Å². The molecule has 21 heavy (non-hydrogen) atoms. The molecule has 0 bridgehead atoms. The Bertz CT molecular complexity index is 550. The number of hydrogen-bond acceptors (Lipinski definition) is 3. The summed E-state index contributed by atoms with van der Waals surface area (Å²) >= 11 is 0. The van der Waals surface area contributed by atoms with Crippen LogP contribution in [0.3, 0.4) is 0 Å². The largest absolute Gasteiger partial charge is 0.381 e. The molecule has 1 aromatic heterocycles. The third-order valence-corrected chi connectivity index (χ3v) is 4.60. The lowest BCUT2D eigenvalue weighted by Gasteiger charge is -2.20. The zero-order valence-electron chi connectivity index (χ0n) is 12.7. The summed E-state index contributed by atoms with van der Waals surface area (Å²) in [6.45, 7) is 2.32. The molecule has 2 atom stereocenters. The summed E-state index contributed by atoms with van der Waals surface area (Å²) in [6.07, 6.45) is 11.5. The van der Waals surface area contributed by atoms with E-state index < -0.39 is 0 Å². The van der Waals surface area contributed by atoms with Gasteiger partial charge in [0.05, 0.1) is 23.8 Å². The predicted octanol–water partition coefficient (Wildman–Crippen LogP) is 4.04. The molecule has 2 unspecified atom stereocenters. The van der Waals surface area contributed by atoms with E-state index in [4.69, 9.17) is 0 Å². The smallest absolute Gasteiger partial charge is 0.0894 e. The van der Waals surface area contributed by atoms with Crippen molar-refractivity contribution >= 4 is 5.69 Å². The van der Waals surface area contributed by atoms with E-state index >= 15 is 0 Å². The number of nitrogens with one attached hydrogen (secondary N) is 1. The summed E-state index contributed by atoms with van der Waals surface area (Å²) in [6, 6.07) is 8.92. The second-order valence-corrected chi connectivity index (χ2v) is 5.99. The first-order valence-electron chi connectivity index (χ1n) is 8.09. The van der Waals surface area contributed by atoms with Crippen molar-refractivity contribution in [1.29, 1.82) is 0 Å². The van der Waals surface area contributed by atoms with E-state index in [0.29, 0.717) is 6.04 Å². The average Bonchev–Trinajstić information content (AvgIpc) is 2.95. The van der Waals surface area contributed by atoms with Crippen LogP contribution < -0.4 is 5.32 Å². The molecule has 1 fully saturated rings. The second kappa shape index (κ2) is 6.74. The Hall–Kier alpha value is -1.84. The molecular formula is C17H24N4. The molecular weight excluding hydrogens is 260 g/mol. The first-order valence-corrected chi connectivity index (χ1v) is 8.09. The van der Waals surface area contributed by atoms with E-state index in [1.165, 1.54) is 38.5 Å². The number of benzene rings is 1. The molecule has 0 amide bonds. The van der Waals surface area contributed by atoms with Gasteiger partial charge in [-0.15, -0.1) is 5.10 Å². The molecule has 3 rings (SSSR count). The van der Waals surface area contributed by atoms with Gasteiger partial charge in [0.25, 0.3) is 0 Å². The van der Waals surface area contributed by atoms with Crippen LogP contribution in [0, 0.1) is 5.92 Å². The van der Waals surface area contributed by atoms with Gasteiger partial charge in [0.1, 0.15) is 0 Å². The standard InChI is InChI=1S/C17H24N4/c1-2-14-6-5-7-15(11-10-14)19-16-8-3-4-9-17(16)21-13-12-18-20-21/h3-4,8-9,12-15,19H,2,5-7,10-11H2,1H3. The van der Waals surface area contributed by atoms with Crippen LogP contribution in [-0.2, 0) is 0 Å². The van der Waals surface area contributed by atoms with E-state index in [1.54, 1.807) is 6.20 Å². The van der Waals surface area contributed by atoms with Crippen LogP contribution in [-0.4, -0.2) is 21.0 Å². The Morgan fingerprint density at radius 1 is 1.19 bits per heavy atom. The molecule has 0 saturated heterocycles. The van der Waals surface area contributed by atoms with E-state index in [-0.39, 0.29) is 0 Å².